The van der Waals surface area contributed by atoms with Gasteiger partial charge < -0.3 is 15.5 Å². The van der Waals surface area contributed by atoms with Gasteiger partial charge >= 0.3 is 0 Å². The number of hydrogen-bond donors (Lipinski definition) is 1. The maximum Gasteiger partial charge on any atom is 0.244 e. The lowest BCUT2D eigenvalue weighted by Crippen LogP contribution is -2.16. The second-order valence-electron chi connectivity index (χ2n) is 4.75. The molecule has 108 valence electrons. The third kappa shape index (κ3) is 8.15. The van der Waals surface area contributed by atoms with Crippen molar-refractivity contribution >= 4 is 11.8 Å². The molecule has 0 aromatic heterocycles. The number of nitrogens with two attached hydrogens (primary N) is 1. The number of hydrogen-bond acceptors (Lipinski definition) is 3. The molecule has 0 bridgehead atoms. The summed E-state index contributed by atoms with van der Waals surface area (Å²) in [4.78, 5) is 24.9. The standard InChI is InChI=1S/C8H16N2O.C6H9NO/c1-7(8(9)11)5-4-6-10(2)3;1-2-7-5-3-4-6(7)8/h1,4-6H2,2-3H3,(H2,9,11);2H,1,3-5H2. The lowest BCUT2D eigenvalue weighted by molar-refractivity contribution is -0.125. The van der Waals surface area contributed by atoms with Crippen LogP contribution in [-0.2, 0) is 9.59 Å². The first-order valence-corrected chi connectivity index (χ1v) is 6.42. The number of rotatable bonds is 6. The third-order valence-electron chi connectivity index (χ3n) is 2.76. The van der Waals surface area contributed by atoms with E-state index in [9.17, 15) is 9.59 Å². The quantitative estimate of drug-likeness (QED) is 0.733. The molecule has 0 spiro atoms. The molecular formula is C14H25N3O2. The molecule has 1 fully saturated rings. The fraction of sp³-hybridized carbons (Fsp3) is 0.571. The van der Waals surface area contributed by atoms with Gasteiger partial charge in [0.25, 0.3) is 0 Å². The predicted octanol–water partition coefficient (Wildman–Crippen LogP) is 1.12. The Morgan fingerprint density at radius 2 is 2.16 bits per heavy atom. The molecule has 1 saturated heterocycles. The molecule has 5 nitrogen and oxygen atoms in total. The van der Waals surface area contributed by atoms with E-state index in [1.54, 1.807) is 11.1 Å². The molecular weight excluding hydrogens is 242 g/mol. The van der Waals surface area contributed by atoms with E-state index in [4.69, 9.17) is 5.73 Å². The highest BCUT2D eigenvalue weighted by Crippen LogP contribution is 2.08. The van der Waals surface area contributed by atoms with Crippen LogP contribution in [0.4, 0.5) is 0 Å². The Morgan fingerprint density at radius 3 is 2.47 bits per heavy atom. The normalized spacial score (nSPS) is 14.1. The van der Waals surface area contributed by atoms with E-state index in [-0.39, 0.29) is 11.8 Å². The van der Waals surface area contributed by atoms with Crippen LogP contribution in [0.2, 0.25) is 0 Å². The van der Waals surface area contributed by atoms with Crippen LogP contribution in [0.15, 0.2) is 24.9 Å². The molecule has 1 aliphatic heterocycles. The van der Waals surface area contributed by atoms with Crippen molar-refractivity contribution in [2.24, 2.45) is 5.73 Å². The highest BCUT2D eigenvalue weighted by atomic mass is 16.2. The number of amides is 2. The molecule has 5 heteroatoms. The molecule has 0 aromatic carbocycles. The molecule has 0 saturated carbocycles. The Bertz CT molecular complexity index is 338. The van der Waals surface area contributed by atoms with Gasteiger partial charge in [0.15, 0.2) is 0 Å². The Morgan fingerprint density at radius 1 is 1.53 bits per heavy atom. The van der Waals surface area contributed by atoms with Crippen LogP contribution in [-0.4, -0.2) is 48.8 Å². The predicted molar refractivity (Wildman–Crippen MR) is 77.3 cm³/mol. The third-order valence-corrected chi connectivity index (χ3v) is 2.76. The highest BCUT2D eigenvalue weighted by Gasteiger charge is 2.15. The van der Waals surface area contributed by atoms with Crippen molar-refractivity contribution in [3.63, 3.8) is 0 Å². The van der Waals surface area contributed by atoms with Gasteiger partial charge in [-0.3, -0.25) is 9.59 Å². The van der Waals surface area contributed by atoms with Crippen molar-refractivity contribution in [1.82, 2.24) is 9.80 Å². The number of nitrogens with zero attached hydrogens (tertiary/aromatic N) is 2. The average Bonchev–Trinajstić information content (AvgIpc) is 2.74. The highest BCUT2D eigenvalue weighted by molar-refractivity contribution is 5.91. The van der Waals surface area contributed by atoms with E-state index < -0.39 is 0 Å². The van der Waals surface area contributed by atoms with Gasteiger partial charge in [-0.05, 0) is 46.1 Å². The van der Waals surface area contributed by atoms with Crippen molar-refractivity contribution < 1.29 is 9.59 Å². The number of carbonyl (C=O) groups excluding carboxylic acids is 2. The molecule has 0 unspecified atom stereocenters. The van der Waals surface area contributed by atoms with Gasteiger partial charge in [-0.1, -0.05) is 13.2 Å². The summed E-state index contributed by atoms with van der Waals surface area (Å²) in [5, 5.41) is 0. The van der Waals surface area contributed by atoms with Crippen molar-refractivity contribution in [3.8, 4) is 0 Å². The molecule has 1 rings (SSSR count). The van der Waals surface area contributed by atoms with Gasteiger partial charge in [0.1, 0.15) is 0 Å². The Kier molecular flexibility index (Phi) is 8.53. The minimum Gasteiger partial charge on any atom is -0.366 e. The molecule has 2 amide bonds. The first kappa shape index (κ1) is 17.4. The zero-order valence-corrected chi connectivity index (χ0v) is 12.0. The van der Waals surface area contributed by atoms with Crippen LogP contribution in [0, 0.1) is 0 Å². The first-order valence-electron chi connectivity index (χ1n) is 6.42. The van der Waals surface area contributed by atoms with Crippen LogP contribution in [0.25, 0.3) is 0 Å². The molecule has 2 N–H and O–H groups in total. The smallest absolute Gasteiger partial charge is 0.244 e. The topological polar surface area (TPSA) is 66.6 Å². The minimum atomic E-state index is -0.385. The molecule has 0 radical (unpaired) electrons. The zero-order chi connectivity index (χ0) is 14.8. The Labute approximate surface area is 115 Å². The van der Waals surface area contributed by atoms with Gasteiger partial charge in [0.2, 0.25) is 11.8 Å². The van der Waals surface area contributed by atoms with Crippen LogP contribution in [0.1, 0.15) is 25.7 Å². The monoisotopic (exact) mass is 267 g/mol. The lowest BCUT2D eigenvalue weighted by atomic mass is 10.1. The zero-order valence-electron chi connectivity index (χ0n) is 12.0. The summed E-state index contributed by atoms with van der Waals surface area (Å²) in [5.41, 5.74) is 5.52. The van der Waals surface area contributed by atoms with Gasteiger partial charge in [-0.2, -0.15) is 0 Å². The summed E-state index contributed by atoms with van der Waals surface area (Å²) in [5.74, 6) is -0.177. The van der Waals surface area contributed by atoms with Crippen LogP contribution >= 0.6 is 0 Å². The van der Waals surface area contributed by atoms with Gasteiger partial charge in [-0.15, -0.1) is 0 Å². The Hall–Kier alpha value is -1.62. The van der Waals surface area contributed by atoms with Crippen molar-refractivity contribution in [1.29, 1.82) is 0 Å². The average molecular weight is 267 g/mol. The lowest BCUT2D eigenvalue weighted by Gasteiger charge is -2.08. The maximum absolute atomic E-state index is 10.7. The second kappa shape index (κ2) is 9.33. The van der Waals surface area contributed by atoms with Gasteiger partial charge in [0, 0.05) is 18.5 Å². The summed E-state index contributed by atoms with van der Waals surface area (Å²) >= 11 is 0. The molecule has 19 heavy (non-hydrogen) atoms. The summed E-state index contributed by atoms with van der Waals surface area (Å²) < 4.78 is 0. The largest absolute Gasteiger partial charge is 0.366 e. The van der Waals surface area contributed by atoms with E-state index in [2.05, 4.69) is 18.1 Å². The molecule has 0 atom stereocenters. The van der Waals surface area contributed by atoms with E-state index >= 15 is 0 Å². The second-order valence-corrected chi connectivity index (χ2v) is 4.75. The van der Waals surface area contributed by atoms with E-state index in [1.165, 1.54) is 0 Å². The number of carbonyl (C=O) groups is 2. The summed E-state index contributed by atoms with van der Waals surface area (Å²) in [7, 11) is 3.99. The molecule has 0 aliphatic carbocycles. The summed E-state index contributed by atoms with van der Waals surface area (Å²) in [6.07, 6.45) is 4.93. The Balaban J connectivity index is 0.000000356. The maximum atomic E-state index is 10.7. The summed E-state index contributed by atoms with van der Waals surface area (Å²) in [6.45, 7) is 8.88. The van der Waals surface area contributed by atoms with Crippen LogP contribution in [0.5, 0.6) is 0 Å². The van der Waals surface area contributed by atoms with Crippen molar-refractivity contribution in [2.75, 3.05) is 27.2 Å². The molecule has 1 aliphatic rings. The van der Waals surface area contributed by atoms with Gasteiger partial charge in [0.05, 0.1) is 0 Å². The SMILES string of the molecule is C=C(CCCN(C)C)C(N)=O.C=CN1CCCC1=O. The number of likely N-dealkylation sites (tertiary alicyclic amines) is 1. The van der Waals surface area contributed by atoms with Crippen LogP contribution in [0.3, 0.4) is 0 Å². The molecule has 0 aromatic rings. The molecule has 1 heterocycles. The fourth-order valence-electron chi connectivity index (χ4n) is 1.59. The number of primary amides is 1. The van der Waals surface area contributed by atoms with E-state index in [0.717, 1.165) is 25.9 Å². The van der Waals surface area contributed by atoms with E-state index in [1.807, 2.05) is 14.1 Å². The van der Waals surface area contributed by atoms with Crippen LogP contribution < -0.4 is 5.73 Å². The minimum absolute atomic E-state index is 0.208. The van der Waals surface area contributed by atoms with Crippen molar-refractivity contribution in [3.05, 3.63) is 24.9 Å². The van der Waals surface area contributed by atoms with E-state index in [0.29, 0.717) is 18.4 Å². The van der Waals surface area contributed by atoms with Gasteiger partial charge in [-0.25, -0.2) is 0 Å². The van der Waals surface area contributed by atoms with Crippen molar-refractivity contribution in [2.45, 2.75) is 25.7 Å². The summed E-state index contributed by atoms with van der Waals surface area (Å²) in [6, 6.07) is 0. The fourth-order valence-corrected chi connectivity index (χ4v) is 1.59. The first-order chi connectivity index (χ1) is 8.88.